The molecule has 0 amide bonds. The molecule has 0 aliphatic carbocycles. The van der Waals surface area contributed by atoms with Gasteiger partial charge in [0.2, 0.25) is 0 Å². The molecular formula is C14H27NO. The van der Waals surface area contributed by atoms with Gasteiger partial charge >= 0.3 is 0 Å². The van der Waals surface area contributed by atoms with Crippen molar-refractivity contribution < 1.29 is 5.11 Å². The molecule has 1 aliphatic rings. The standard InChI is InChI=1S/C14H27NO/c1-5-14(4,13(16)11-12(2)3)15-9-7-6-8-10-15/h13,16H,2,5-11H2,1,3-4H3. The first kappa shape index (κ1) is 13.7. The zero-order valence-electron chi connectivity index (χ0n) is 11.1. The molecule has 2 unspecified atom stereocenters. The van der Waals surface area contributed by atoms with Crippen LogP contribution in [0.5, 0.6) is 0 Å². The van der Waals surface area contributed by atoms with Crippen molar-refractivity contribution >= 4 is 0 Å². The van der Waals surface area contributed by atoms with E-state index in [1.165, 1.54) is 19.3 Å². The summed E-state index contributed by atoms with van der Waals surface area (Å²) >= 11 is 0. The number of nitrogens with zero attached hydrogens (tertiary/aromatic N) is 1. The number of hydrogen-bond donors (Lipinski definition) is 1. The monoisotopic (exact) mass is 225 g/mol. The fourth-order valence-corrected chi connectivity index (χ4v) is 2.62. The summed E-state index contributed by atoms with van der Waals surface area (Å²) in [7, 11) is 0. The first-order chi connectivity index (χ1) is 7.50. The first-order valence-corrected chi connectivity index (χ1v) is 6.58. The van der Waals surface area contributed by atoms with Gasteiger partial charge in [0.05, 0.1) is 6.10 Å². The predicted octanol–water partition coefficient (Wildman–Crippen LogP) is 2.97. The van der Waals surface area contributed by atoms with Crippen molar-refractivity contribution in [1.29, 1.82) is 0 Å². The molecule has 1 heterocycles. The molecule has 2 heteroatoms. The van der Waals surface area contributed by atoms with E-state index in [1.54, 1.807) is 0 Å². The van der Waals surface area contributed by atoms with E-state index in [1.807, 2.05) is 6.92 Å². The van der Waals surface area contributed by atoms with Crippen molar-refractivity contribution in [2.45, 2.75) is 64.5 Å². The van der Waals surface area contributed by atoms with Crippen LogP contribution in [0.1, 0.15) is 52.9 Å². The largest absolute Gasteiger partial charge is 0.391 e. The molecule has 1 saturated heterocycles. The third-order valence-corrected chi connectivity index (χ3v) is 4.05. The summed E-state index contributed by atoms with van der Waals surface area (Å²) < 4.78 is 0. The molecule has 0 bridgehead atoms. The van der Waals surface area contributed by atoms with Crippen molar-refractivity contribution in [2.75, 3.05) is 13.1 Å². The SMILES string of the molecule is C=C(C)CC(O)C(C)(CC)N1CCCCC1. The number of likely N-dealkylation sites (tertiary alicyclic amines) is 1. The van der Waals surface area contributed by atoms with Crippen molar-refractivity contribution in [3.8, 4) is 0 Å². The summed E-state index contributed by atoms with van der Waals surface area (Å²) in [5.74, 6) is 0. The molecule has 0 aromatic carbocycles. The first-order valence-electron chi connectivity index (χ1n) is 6.58. The van der Waals surface area contributed by atoms with E-state index >= 15 is 0 Å². The highest BCUT2D eigenvalue weighted by molar-refractivity contribution is 5.00. The van der Waals surface area contributed by atoms with E-state index < -0.39 is 0 Å². The number of aliphatic hydroxyl groups excluding tert-OH is 1. The molecule has 1 fully saturated rings. The molecule has 0 saturated carbocycles. The average Bonchev–Trinajstić information content (AvgIpc) is 2.28. The van der Waals surface area contributed by atoms with Crippen LogP contribution in [0.3, 0.4) is 0 Å². The molecule has 16 heavy (non-hydrogen) atoms. The maximum Gasteiger partial charge on any atom is 0.0757 e. The lowest BCUT2D eigenvalue weighted by Gasteiger charge is -2.46. The highest BCUT2D eigenvalue weighted by Crippen LogP contribution is 2.29. The van der Waals surface area contributed by atoms with Crippen molar-refractivity contribution in [1.82, 2.24) is 4.90 Å². The van der Waals surface area contributed by atoms with Gasteiger partial charge in [0.1, 0.15) is 0 Å². The molecule has 2 atom stereocenters. The van der Waals surface area contributed by atoms with Crippen molar-refractivity contribution in [3.05, 3.63) is 12.2 Å². The molecule has 0 aromatic heterocycles. The highest BCUT2D eigenvalue weighted by atomic mass is 16.3. The fraction of sp³-hybridized carbons (Fsp3) is 0.857. The van der Waals surface area contributed by atoms with Crippen LogP contribution in [0.2, 0.25) is 0 Å². The molecule has 2 nitrogen and oxygen atoms in total. The Hall–Kier alpha value is -0.340. The van der Waals surface area contributed by atoms with Crippen molar-refractivity contribution in [2.24, 2.45) is 0 Å². The van der Waals surface area contributed by atoms with Gasteiger partial charge in [-0.05, 0) is 52.6 Å². The van der Waals surface area contributed by atoms with E-state index in [4.69, 9.17) is 0 Å². The van der Waals surface area contributed by atoms with Crippen LogP contribution in [0.25, 0.3) is 0 Å². The average molecular weight is 225 g/mol. The van der Waals surface area contributed by atoms with E-state index in [0.717, 1.165) is 31.5 Å². The Labute approximate surface area is 100 Å². The highest BCUT2D eigenvalue weighted by Gasteiger charge is 2.37. The number of piperidine rings is 1. The Kier molecular flexibility index (Phi) is 5.00. The smallest absolute Gasteiger partial charge is 0.0757 e. The molecule has 94 valence electrons. The second kappa shape index (κ2) is 5.83. The summed E-state index contributed by atoms with van der Waals surface area (Å²) in [6, 6.07) is 0. The third-order valence-electron chi connectivity index (χ3n) is 4.05. The van der Waals surface area contributed by atoms with Gasteiger partial charge in [0.15, 0.2) is 0 Å². The maximum atomic E-state index is 10.4. The third kappa shape index (κ3) is 3.08. The topological polar surface area (TPSA) is 23.5 Å². The summed E-state index contributed by atoms with van der Waals surface area (Å²) in [4.78, 5) is 2.48. The van der Waals surface area contributed by atoms with E-state index in [9.17, 15) is 5.11 Å². The molecule has 1 N–H and O–H groups in total. The van der Waals surface area contributed by atoms with Crippen molar-refractivity contribution in [3.63, 3.8) is 0 Å². The summed E-state index contributed by atoms with van der Waals surface area (Å²) in [5, 5.41) is 10.4. The zero-order valence-corrected chi connectivity index (χ0v) is 11.1. The number of aliphatic hydroxyl groups is 1. The minimum atomic E-state index is -0.284. The Morgan fingerprint density at radius 3 is 2.38 bits per heavy atom. The molecular weight excluding hydrogens is 198 g/mol. The van der Waals surface area contributed by atoms with Crippen LogP contribution >= 0.6 is 0 Å². The van der Waals surface area contributed by atoms with Gasteiger partial charge in [0, 0.05) is 5.54 Å². The quantitative estimate of drug-likeness (QED) is 0.727. The Balaban J connectivity index is 2.69. The maximum absolute atomic E-state index is 10.4. The van der Waals surface area contributed by atoms with Crippen LogP contribution in [0.4, 0.5) is 0 Å². The zero-order chi connectivity index (χ0) is 12.2. The van der Waals surface area contributed by atoms with Gasteiger partial charge < -0.3 is 5.11 Å². The van der Waals surface area contributed by atoms with E-state index in [2.05, 4.69) is 25.3 Å². The van der Waals surface area contributed by atoms with Crippen LogP contribution < -0.4 is 0 Å². The second-order valence-corrected chi connectivity index (χ2v) is 5.44. The molecule has 0 radical (unpaired) electrons. The lowest BCUT2D eigenvalue weighted by Crippen LogP contribution is -2.55. The van der Waals surface area contributed by atoms with Gasteiger partial charge in [-0.1, -0.05) is 18.9 Å². The Morgan fingerprint density at radius 2 is 1.94 bits per heavy atom. The van der Waals surface area contributed by atoms with Gasteiger partial charge in [0.25, 0.3) is 0 Å². The number of hydrogen-bond acceptors (Lipinski definition) is 2. The lowest BCUT2D eigenvalue weighted by atomic mass is 9.84. The lowest BCUT2D eigenvalue weighted by molar-refractivity contribution is -0.0327. The van der Waals surface area contributed by atoms with Crippen LogP contribution in [0.15, 0.2) is 12.2 Å². The predicted molar refractivity (Wildman–Crippen MR) is 69.6 cm³/mol. The molecule has 0 spiro atoms. The molecule has 1 aliphatic heterocycles. The van der Waals surface area contributed by atoms with Gasteiger partial charge in [-0.25, -0.2) is 0 Å². The summed E-state index contributed by atoms with van der Waals surface area (Å²) in [5.41, 5.74) is 1.00. The van der Waals surface area contributed by atoms with Gasteiger partial charge in [-0.2, -0.15) is 0 Å². The van der Waals surface area contributed by atoms with E-state index in [-0.39, 0.29) is 11.6 Å². The minimum Gasteiger partial charge on any atom is -0.391 e. The minimum absolute atomic E-state index is 0.0701. The Morgan fingerprint density at radius 1 is 1.38 bits per heavy atom. The number of rotatable bonds is 5. The van der Waals surface area contributed by atoms with Crippen LogP contribution in [0, 0.1) is 0 Å². The Bertz CT molecular complexity index is 233. The van der Waals surface area contributed by atoms with Gasteiger partial charge in [-0.3, -0.25) is 4.90 Å². The van der Waals surface area contributed by atoms with Crippen LogP contribution in [-0.2, 0) is 0 Å². The second-order valence-electron chi connectivity index (χ2n) is 5.44. The van der Waals surface area contributed by atoms with Crippen LogP contribution in [-0.4, -0.2) is 34.7 Å². The fourth-order valence-electron chi connectivity index (χ4n) is 2.62. The van der Waals surface area contributed by atoms with Gasteiger partial charge in [-0.15, -0.1) is 6.58 Å². The molecule has 1 rings (SSSR count). The summed E-state index contributed by atoms with van der Waals surface area (Å²) in [6.45, 7) is 12.6. The molecule has 0 aromatic rings. The normalized spacial score (nSPS) is 23.8. The van der Waals surface area contributed by atoms with E-state index in [0.29, 0.717) is 0 Å². The summed E-state index contributed by atoms with van der Waals surface area (Å²) in [6.07, 6.45) is 5.33.